The number of rotatable bonds is 5. The normalized spacial score (nSPS) is 19.0. The maximum absolute atomic E-state index is 13.1. The topological polar surface area (TPSA) is 53.0 Å². The Hall–Kier alpha value is -2.89. The number of benzene rings is 3. The van der Waals surface area contributed by atoms with Gasteiger partial charge in [-0.3, -0.25) is 4.79 Å². The molecule has 3 aromatic rings. The lowest BCUT2D eigenvalue weighted by atomic mass is 9.73. The molecule has 31 heavy (non-hydrogen) atoms. The van der Waals surface area contributed by atoms with E-state index in [-0.39, 0.29) is 12.5 Å². The number of hydrogen-bond acceptors (Lipinski definition) is 4. The summed E-state index contributed by atoms with van der Waals surface area (Å²) in [5.41, 5.74) is 1.78. The smallest absolute Gasteiger partial charge is 0.237 e. The van der Waals surface area contributed by atoms with Gasteiger partial charge in [0.1, 0.15) is 18.5 Å². The molecule has 2 heterocycles. The van der Waals surface area contributed by atoms with Gasteiger partial charge in [-0.1, -0.05) is 54.6 Å². The Bertz CT molecular complexity index is 1100. The molecule has 1 saturated heterocycles. The fourth-order valence-electron chi connectivity index (χ4n) is 5.18. The van der Waals surface area contributed by atoms with E-state index in [0.29, 0.717) is 6.54 Å². The first kappa shape index (κ1) is 20.0. The van der Waals surface area contributed by atoms with E-state index in [4.69, 9.17) is 4.74 Å². The fraction of sp³-hybridized carbons (Fsp3) is 0.346. The molecule has 2 aliphatic rings. The summed E-state index contributed by atoms with van der Waals surface area (Å²) in [4.78, 5) is 17.1. The highest BCUT2D eigenvalue weighted by molar-refractivity contribution is 6.07. The van der Waals surface area contributed by atoms with Gasteiger partial charge in [0.05, 0.1) is 5.41 Å². The highest BCUT2D eigenvalue weighted by Crippen LogP contribution is 2.47. The van der Waals surface area contributed by atoms with Crippen molar-refractivity contribution in [1.82, 2.24) is 4.90 Å². The minimum Gasteiger partial charge on any atom is -0.490 e. The molecule has 1 amide bonds. The van der Waals surface area contributed by atoms with Gasteiger partial charge >= 0.3 is 0 Å². The molecule has 0 bridgehead atoms. The summed E-state index contributed by atoms with van der Waals surface area (Å²) < 4.78 is 5.96. The molecule has 5 rings (SSSR count). The van der Waals surface area contributed by atoms with Crippen LogP contribution in [0.1, 0.15) is 18.4 Å². The zero-order chi connectivity index (χ0) is 21.4. The zero-order valence-corrected chi connectivity index (χ0v) is 17.8. The lowest BCUT2D eigenvalue weighted by Crippen LogP contribution is -2.49. The molecule has 0 aromatic heterocycles. The van der Waals surface area contributed by atoms with Gasteiger partial charge in [-0.2, -0.15) is 0 Å². The Kier molecular flexibility index (Phi) is 5.16. The third-order valence-corrected chi connectivity index (χ3v) is 6.85. The highest BCUT2D eigenvalue weighted by atomic mass is 16.5. The van der Waals surface area contributed by atoms with Gasteiger partial charge in [0, 0.05) is 24.7 Å². The Labute approximate surface area is 182 Å². The van der Waals surface area contributed by atoms with Crippen molar-refractivity contribution in [2.75, 3.05) is 38.2 Å². The lowest BCUT2D eigenvalue weighted by Gasteiger charge is -2.39. The number of anilines is 1. The van der Waals surface area contributed by atoms with Crippen LogP contribution < -0.4 is 9.64 Å². The summed E-state index contributed by atoms with van der Waals surface area (Å²) in [5, 5.41) is 12.8. The number of ether oxygens (including phenoxy) is 1. The number of fused-ring (bicyclic) bond motifs is 3. The Balaban J connectivity index is 1.20. The van der Waals surface area contributed by atoms with Crippen molar-refractivity contribution in [1.29, 1.82) is 0 Å². The number of carbonyl (C=O) groups is 1. The fourth-order valence-corrected chi connectivity index (χ4v) is 5.18. The number of piperidine rings is 1. The number of aliphatic hydroxyl groups is 1. The van der Waals surface area contributed by atoms with Crippen LogP contribution >= 0.6 is 0 Å². The predicted molar refractivity (Wildman–Crippen MR) is 123 cm³/mol. The van der Waals surface area contributed by atoms with Crippen LogP contribution in [0.25, 0.3) is 10.8 Å². The minimum absolute atomic E-state index is 0.202. The van der Waals surface area contributed by atoms with E-state index in [2.05, 4.69) is 23.1 Å². The molecular weight excluding hydrogens is 388 g/mol. The van der Waals surface area contributed by atoms with Gasteiger partial charge in [-0.15, -0.1) is 0 Å². The standard InChI is InChI=1S/C26H28N2O3/c1-27-23-11-5-4-10-22(23)26(25(27)30)13-15-28(16-14-26)17-20(29)18-31-24-12-6-8-19-7-2-3-9-21(19)24/h2-12,20,29H,13-18H2,1H3. The summed E-state index contributed by atoms with van der Waals surface area (Å²) in [6.07, 6.45) is 0.982. The average Bonchev–Trinajstić information content (AvgIpc) is 3.01. The maximum Gasteiger partial charge on any atom is 0.237 e. The number of hydrogen-bond donors (Lipinski definition) is 1. The molecular formula is C26H28N2O3. The summed E-state index contributed by atoms with van der Waals surface area (Å²) in [5.74, 6) is 0.999. The van der Waals surface area contributed by atoms with Crippen molar-refractivity contribution in [2.24, 2.45) is 0 Å². The van der Waals surface area contributed by atoms with Crippen molar-refractivity contribution in [3.05, 3.63) is 72.3 Å². The van der Waals surface area contributed by atoms with Crippen LogP contribution in [-0.2, 0) is 10.2 Å². The lowest BCUT2D eigenvalue weighted by molar-refractivity contribution is -0.124. The number of amides is 1. The van der Waals surface area contributed by atoms with Crippen LogP contribution in [0.3, 0.4) is 0 Å². The molecule has 5 heteroatoms. The van der Waals surface area contributed by atoms with Crippen LogP contribution in [0.4, 0.5) is 5.69 Å². The van der Waals surface area contributed by atoms with E-state index in [9.17, 15) is 9.90 Å². The Morgan fingerprint density at radius 1 is 1.00 bits per heavy atom. The SMILES string of the molecule is CN1C(=O)C2(CCN(CC(O)COc3cccc4ccccc34)CC2)c2ccccc21. The molecule has 1 N–H and O–H groups in total. The largest absolute Gasteiger partial charge is 0.490 e. The highest BCUT2D eigenvalue weighted by Gasteiger charge is 2.50. The number of para-hydroxylation sites is 1. The summed E-state index contributed by atoms with van der Waals surface area (Å²) >= 11 is 0. The number of likely N-dealkylation sites (tertiary alicyclic amines) is 1. The van der Waals surface area contributed by atoms with Gasteiger partial charge in [-0.05, 0) is 49.0 Å². The van der Waals surface area contributed by atoms with Gasteiger partial charge in [-0.25, -0.2) is 0 Å². The molecule has 3 aromatic carbocycles. The maximum atomic E-state index is 13.1. The molecule has 0 saturated carbocycles. The van der Waals surface area contributed by atoms with Crippen LogP contribution in [0, 0.1) is 0 Å². The van der Waals surface area contributed by atoms with Gasteiger partial charge in [0.25, 0.3) is 0 Å². The zero-order valence-electron chi connectivity index (χ0n) is 17.8. The molecule has 1 fully saturated rings. The second-order valence-electron chi connectivity index (χ2n) is 8.71. The van der Waals surface area contributed by atoms with E-state index in [0.717, 1.165) is 53.7 Å². The van der Waals surface area contributed by atoms with E-state index in [1.54, 1.807) is 4.90 Å². The van der Waals surface area contributed by atoms with Gasteiger partial charge in [0.2, 0.25) is 5.91 Å². The quantitative estimate of drug-likeness (QED) is 0.691. The van der Waals surface area contributed by atoms with Crippen LogP contribution in [-0.4, -0.2) is 55.3 Å². The molecule has 2 aliphatic heterocycles. The van der Waals surface area contributed by atoms with E-state index < -0.39 is 11.5 Å². The third kappa shape index (κ3) is 3.48. The third-order valence-electron chi connectivity index (χ3n) is 6.85. The van der Waals surface area contributed by atoms with Gasteiger partial charge < -0.3 is 19.6 Å². The van der Waals surface area contributed by atoms with Crippen molar-refractivity contribution in [3.8, 4) is 5.75 Å². The second kappa shape index (κ2) is 7.98. The molecule has 1 atom stereocenters. The molecule has 0 aliphatic carbocycles. The van der Waals surface area contributed by atoms with Crippen LogP contribution in [0.2, 0.25) is 0 Å². The van der Waals surface area contributed by atoms with E-state index >= 15 is 0 Å². The summed E-state index contributed by atoms with van der Waals surface area (Å²) in [6.45, 7) is 2.38. The number of aliphatic hydroxyl groups excluding tert-OH is 1. The second-order valence-corrected chi connectivity index (χ2v) is 8.71. The van der Waals surface area contributed by atoms with Crippen molar-refractivity contribution in [3.63, 3.8) is 0 Å². The number of nitrogens with zero attached hydrogens (tertiary/aromatic N) is 2. The average molecular weight is 417 g/mol. The van der Waals surface area contributed by atoms with E-state index in [1.807, 2.05) is 55.6 Å². The van der Waals surface area contributed by atoms with Crippen molar-refractivity contribution >= 4 is 22.4 Å². The summed E-state index contributed by atoms with van der Waals surface area (Å²) in [7, 11) is 1.87. The molecule has 5 nitrogen and oxygen atoms in total. The molecule has 160 valence electrons. The molecule has 1 unspecified atom stereocenters. The minimum atomic E-state index is -0.581. The summed E-state index contributed by atoms with van der Waals surface area (Å²) in [6, 6.07) is 22.2. The Morgan fingerprint density at radius 3 is 2.55 bits per heavy atom. The first-order chi connectivity index (χ1) is 15.1. The molecule has 0 radical (unpaired) electrons. The first-order valence-corrected chi connectivity index (χ1v) is 11.0. The van der Waals surface area contributed by atoms with Crippen molar-refractivity contribution in [2.45, 2.75) is 24.4 Å². The first-order valence-electron chi connectivity index (χ1n) is 11.0. The number of likely N-dealkylation sites (N-methyl/N-ethyl adjacent to an activating group) is 1. The predicted octanol–water partition coefficient (Wildman–Crippen LogP) is 3.59. The van der Waals surface area contributed by atoms with Crippen molar-refractivity contribution < 1.29 is 14.6 Å². The van der Waals surface area contributed by atoms with Gasteiger partial charge in [0.15, 0.2) is 0 Å². The number of β-amino-alcohol motifs (C(OH)–C–C–N with tert-alkyl or cyclic N) is 1. The monoisotopic (exact) mass is 416 g/mol. The molecule has 1 spiro atoms. The van der Waals surface area contributed by atoms with E-state index in [1.165, 1.54) is 0 Å². The van der Waals surface area contributed by atoms with Crippen LogP contribution in [0.15, 0.2) is 66.7 Å². The van der Waals surface area contributed by atoms with Crippen LogP contribution in [0.5, 0.6) is 5.75 Å². The Morgan fingerprint density at radius 2 is 1.71 bits per heavy atom. The number of carbonyl (C=O) groups excluding carboxylic acids is 1.